The van der Waals surface area contributed by atoms with Crippen LogP contribution in [-0.2, 0) is 12.1 Å². The lowest BCUT2D eigenvalue weighted by molar-refractivity contribution is 0.301. The monoisotopic (exact) mass is 352 g/mol. The summed E-state index contributed by atoms with van der Waals surface area (Å²) in [4.78, 5) is 21.0. The van der Waals surface area contributed by atoms with Gasteiger partial charge in [0, 0.05) is 57.7 Å². The van der Waals surface area contributed by atoms with Gasteiger partial charge in [-0.05, 0) is 24.1 Å². The van der Waals surface area contributed by atoms with Gasteiger partial charge < -0.3 is 10.6 Å². The highest BCUT2D eigenvalue weighted by molar-refractivity contribution is 5.49. The predicted molar refractivity (Wildman–Crippen MR) is 102 cm³/mol. The summed E-state index contributed by atoms with van der Waals surface area (Å²) in [7, 11) is 4.06. The Bertz CT molecular complexity index is 991. The van der Waals surface area contributed by atoms with Crippen molar-refractivity contribution in [3.63, 3.8) is 0 Å². The minimum absolute atomic E-state index is 0.0908. The minimum atomic E-state index is -0.376. The topological polar surface area (TPSA) is 82.7 Å². The molecule has 3 heterocycles. The van der Waals surface area contributed by atoms with Crippen LogP contribution < -0.4 is 16.2 Å². The molecule has 3 aromatic rings. The molecule has 2 aromatic heterocycles. The van der Waals surface area contributed by atoms with Gasteiger partial charge in [0.1, 0.15) is 0 Å². The summed E-state index contributed by atoms with van der Waals surface area (Å²) in [6.07, 6.45) is 2.60. The van der Waals surface area contributed by atoms with Crippen LogP contribution in [0.15, 0.2) is 47.4 Å². The molecule has 26 heavy (non-hydrogen) atoms. The van der Waals surface area contributed by atoms with E-state index in [4.69, 9.17) is 5.73 Å². The lowest BCUT2D eigenvalue weighted by atomic mass is 9.90. The smallest absolute Gasteiger partial charge is 0.272 e. The molecule has 0 bridgehead atoms. The van der Waals surface area contributed by atoms with E-state index in [0.717, 1.165) is 36.5 Å². The highest BCUT2D eigenvalue weighted by Crippen LogP contribution is 2.32. The lowest BCUT2D eigenvalue weighted by Crippen LogP contribution is -2.39. The molecule has 0 saturated carbocycles. The number of nitrogens with two attached hydrogens (primary N) is 1. The van der Waals surface area contributed by atoms with Gasteiger partial charge in [0.05, 0.1) is 11.2 Å². The van der Waals surface area contributed by atoms with E-state index in [1.54, 1.807) is 18.3 Å². The Hall–Kier alpha value is -2.64. The molecule has 0 radical (unpaired) electrons. The number of hydrogen-bond donors (Lipinski definition) is 2. The van der Waals surface area contributed by atoms with Gasteiger partial charge in [0.2, 0.25) is 0 Å². The molecule has 0 amide bonds. The second-order valence-electron chi connectivity index (χ2n) is 7.30. The van der Waals surface area contributed by atoms with Gasteiger partial charge in [-0.15, -0.1) is 0 Å². The Morgan fingerprint density at radius 1 is 1.31 bits per heavy atom. The van der Waals surface area contributed by atoms with Crippen LogP contribution in [0.4, 0.5) is 5.69 Å². The number of benzene rings is 1. The molecule has 4 rings (SSSR count). The second kappa shape index (κ2) is 6.26. The van der Waals surface area contributed by atoms with E-state index in [1.165, 1.54) is 4.52 Å². The van der Waals surface area contributed by atoms with Crippen LogP contribution in [0.5, 0.6) is 0 Å². The van der Waals surface area contributed by atoms with Gasteiger partial charge in [0.25, 0.3) is 5.56 Å². The molecule has 136 valence electrons. The number of H-pyrrole nitrogens is 1. The fraction of sp³-hybridized carbons (Fsp3) is 0.368. The van der Waals surface area contributed by atoms with Gasteiger partial charge >= 0.3 is 0 Å². The van der Waals surface area contributed by atoms with Crippen LogP contribution in [0.3, 0.4) is 0 Å². The number of nitrogens with one attached hydrogen (secondary N) is 1. The van der Waals surface area contributed by atoms with Crippen LogP contribution in [0, 0.1) is 0 Å². The zero-order valence-electron chi connectivity index (χ0n) is 15.1. The van der Waals surface area contributed by atoms with E-state index < -0.39 is 0 Å². The van der Waals surface area contributed by atoms with Gasteiger partial charge in [-0.1, -0.05) is 12.1 Å². The van der Waals surface area contributed by atoms with Gasteiger partial charge in [-0.25, -0.2) is 9.50 Å². The van der Waals surface area contributed by atoms with Crippen molar-refractivity contribution in [2.75, 3.05) is 32.1 Å². The van der Waals surface area contributed by atoms with Crippen LogP contribution in [-0.4, -0.2) is 46.7 Å². The SMILES string of the molecule is CN(C)c1cccc(C2(N)CCN(Cc3cc(=O)n4[nH]ccc4n3)C2)c1. The molecular weight excluding hydrogens is 328 g/mol. The standard InChI is InChI=1S/C19H24N6O/c1-23(2)16-5-3-4-14(10-16)19(20)7-9-24(13-19)12-15-11-18(26)25-17(22-15)6-8-21-25/h3-6,8,10-11,21H,7,9,12-13,20H2,1-2H3. The highest BCUT2D eigenvalue weighted by atomic mass is 16.1. The normalized spacial score (nSPS) is 20.7. The number of likely N-dealkylation sites (tertiary alicyclic amines) is 1. The molecule has 0 aliphatic carbocycles. The maximum Gasteiger partial charge on any atom is 0.272 e. The molecule has 1 unspecified atom stereocenters. The second-order valence-corrected chi connectivity index (χ2v) is 7.30. The number of fused-ring (bicyclic) bond motifs is 1. The van der Waals surface area contributed by atoms with Crippen LogP contribution >= 0.6 is 0 Å². The Morgan fingerprint density at radius 3 is 2.96 bits per heavy atom. The first-order valence-electron chi connectivity index (χ1n) is 8.80. The number of nitrogens with zero attached hydrogens (tertiary/aromatic N) is 4. The van der Waals surface area contributed by atoms with Crippen molar-refractivity contribution >= 4 is 11.3 Å². The summed E-state index contributed by atoms with van der Waals surface area (Å²) in [6.45, 7) is 2.26. The molecule has 1 aliphatic rings. The Labute approximate surface area is 152 Å². The summed E-state index contributed by atoms with van der Waals surface area (Å²) >= 11 is 0. The minimum Gasteiger partial charge on any atom is -0.378 e. The van der Waals surface area contributed by atoms with Crippen molar-refractivity contribution < 1.29 is 0 Å². The molecule has 1 aromatic carbocycles. The van der Waals surface area contributed by atoms with Crippen molar-refractivity contribution in [3.8, 4) is 0 Å². The summed E-state index contributed by atoms with van der Waals surface area (Å²) in [5.74, 6) is 0. The summed E-state index contributed by atoms with van der Waals surface area (Å²) in [6, 6.07) is 11.8. The first kappa shape index (κ1) is 16.8. The third-order valence-corrected chi connectivity index (χ3v) is 5.14. The van der Waals surface area contributed by atoms with Gasteiger partial charge in [-0.2, -0.15) is 0 Å². The van der Waals surface area contributed by atoms with Gasteiger partial charge in [0.15, 0.2) is 5.65 Å². The molecule has 1 aliphatic heterocycles. The summed E-state index contributed by atoms with van der Waals surface area (Å²) < 4.78 is 1.44. The number of aromatic nitrogens is 3. The number of hydrogen-bond acceptors (Lipinski definition) is 5. The van der Waals surface area contributed by atoms with Gasteiger partial charge in [-0.3, -0.25) is 14.8 Å². The van der Waals surface area contributed by atoms with E-state index in [-0.39, 0.29) is 11.1 Å². The number of anilines is 1. The predicted octanol–water partition coefficient (Wildman–Crippen LogP) is 1.15. The third-order valence-electron chi connectivity index (χ3n) is 5.14. The average Bonchev–Trinajstić information content (AvgIpc) is 3.23. The van der Waals surface area contributed by atoms with Crippen molar-refractivity contribution in [2.45, 2.75) is 18.5 Å². The first-order valence-corrected chi connectivity index (χ1v) is 8.80. The Balaban J connectivity index is 1.54. The van der Waals surface area contributed by atoms with E-state index in [2.05, 4.69) is 44.1 Å². The van der Waals surface area contributed by atoms with Crippen molar-refractivity contribution in [1.29, 1.82) is 0 Å². The molecule has 1 saturated heterocycles. The first-order chi connectivity index (χ1) is 12.4. The van der Waals surface area contributed by atoms with E-state index in [1.807, 2.05) is 14.1 Å². The van der Waals surface area contributed by atoms with Crippen molar-refractivity contribution in [1.82, 2.24) is 19.5 Å². The quantitative estimate of drug-likeness (QED) is 0.736. The van der Waals surface area contributed by atoms with Crippen molar-refractivity contribution in [2.24, 2.45) is 5.73 Å². The fourth-order valence-electron chi connectivity index (χ4n) is 3.67. The molecule has 0 spiro atoms. The molecule has 1 fully saturated rings. The van der Waals surface area contributed by atoms with Crippen LogP contribution in [0.2, 0.25) is 0 Å². The Kier molecular flexibility index (Phi) is 4.05. The average molecular weight is 352 g/mol. The zero-order chi connectivity index (χ0) is 18.3. The van der Waals surface area contributed by atoms with E-state index >= 15 is 0 Å². The third kappa shape index (κ3) is 3.00. The van der Waals surface area contributed by atoms with Crippen LogP contribution in [0.1, 0.15) is 17.7 Å². The molecule has 3 N–H and O–H groups in total. The highest BCUT2D eigenvalue weighted by Gasteiger charge is 2.36. The maximum absolute atomic E-state index is 12.1. The fourth-order valence-corrected chi connectivity index (χ4v) is 3.67. The summed E-state index contributed by atoms with van der Waals surface area (Å²) in [5, 5.41) is 2.86. The maximum atomic E-state index is 12.1. The van der Waals surface area contributed by atoms with E-state index in [0.29, 0.717) is 12.2 Å². The summed E-state index contributed by atoms with van der Waals surface area (Å²) in [5.41, 5.74) is 10.0. The van der Waals surface area contributed by atoms with E-state index in [9.17, 15) is 4.79 Å². The molecule has 7 nitrogen and oxygen atoms in total. The van der Waals surface area contributed by atoms with Crippen molar-refractivity contribution in [3.05, 3.63) is 64.2 Å². The number of rotatable bonds is 4. The Morgan fingerprint density at radius 2 is 2.15 bits per heavy atom. The number of aromatic amines is 1. The molecule has 1 atom stereocenters. The molecular formula is C19H24N6O. The van der Waals surface area contributed by atoms with Crippen LogP contribution in [0.25, 0.3) is 5.65 Å². The zero-order valence-corrected chi connectivity index (χ0v) is 15.1. The lowest BCUT2D eigenvalue weighted by Gasteiger charge is -2.26. The molecule has 7 heteroatoms. The largest absolute Gasteiger partial charge is 0.378 e.